The molecule has 0 bridgehead atoms. The summed E-state index contributed by atoms with van der Waals surface area (Å²) in [6, 6.07) is 3.75. The third-order valence-electron chi connectivity index (χ3n) is 1.25. The Morgan fingerprint density at radius 3 is 3.40 bits per heavy atom. The van der Waals surface area contributed by atoms with Crippen LogP contribution in [0.3, 0.4) is 0 Å². The van der Waals surface area contributed by atoms with Crippen molar-refractivity contribution in [2.24, 2.45) is 0 Å². The van der Waals surface area contributed by atoms with Crippen molar-refractivity contribution in [3.05, 3.63) is 28.9 Å². The molecule has 0 unspecified atom stereocenters. The van der Waals surface area contributed by atoms with Crippen LogP contribution >= 0.6 is 22.9 Å². The van der Waals surface area contributed by atoms with Gasteiger partial charge in [-0.05, 0) is 17.5 Å². The summed E-state index contributed by atoms with van der Waals surface area (Å²) in [6.07, 6.45) is 1.76. The molecule has 0 spiro atoms. The molecule has 0 fully saturated rings. The van der Waals surface area contributed by atoms with E-state index in [0.717, 1.165) is 10.1 Å². The van der Waals surface area contributed by atoms with Crippen molar-refractivity contribution in [3.63, 3.8) is 0 Å². The van der Waals surface area contributed by atoms with Gasteiger partial charge in [-0.2, -0.15) is 0 Å². The lowest BCUT2D eigenvalue weighted by Crippen LogP contribution is -1.69. The third-order valence-corrected chi connectivity index (χ3v) is 2.25. The molecular formula is C7H3ClNS. The lowest BCUT2D eigenvalue weighted by Gasteiger charge is -1.87. The van der Waals surface area contributed by atoms with Gasteiger partial charge >= 0.3 is 0 Å². The van der Waals surface area contributed by atoms with E-state index in [2.05, 4.69) is 10.4 Å². The van der Waals surface area contributed by atoms with Gasteiger partial charge in [-0.3, -0.25) is 0 Å². The van der Waals surface area contributed by atoms with E-state index in [9.17, 15) is 0 Å². The fraction of sp³-hybridized carbons (Fsp3) is 0. The first kappa shape index (κ1) is 6.13. The van der Waals surface area contributed by atoms with Crippen molar-refractivity contribution < 1.29 is 0 Å². The number of rotatable bonds is 0. The van der Waals surface area contributed by atoms with Crippen LogP contribution in [0.4, 0.5) is 0 Å². The van der Waals surface area contributed by atoms with Crippen molar-refractivity contribution in [2.45, 2.75) is 0 Å². The number of fused-ring (bicyclic) bond motifs is 1. The van der Waals surface area contributed by atoms with Crippen LogP contribution in [0.15, 0.2) is 18.3 Å². The third kappa shape index (κ3) is 0.895. The summed E-state index contributed by atoms with van der Waals surface area (Å²) in [7, 11) is 0. The Balaban J connectivity index is 2.86. The molecule has 1 radical (unpaired) electrons. The molecule has 0 saturated heterocycles. The molecule has 3 heteroatoms. The topological polar surface area (TPSA) is 12.9 Å². The Morgan fingerprint density at radius 1 is 1.60 bits per heavy atom. The number of nitrogens with zero attached hydrogens (tertiary/aromatic N) is 1. The minimum Gasteiger partial charge on any atom is -0.243 e. The predicted molar refractivity (Wildman–Crippen MR) is 43.5 cm³/mol. The van der Waals surface area contributed by atoms with Gasteiger partial charge in [-0.1, -0.05) is 11.6 Å². The van der Waals surface area contributed by atoms with Crippen LogP contribution in [0, 0.1) is 5.38 Å². The van der Waals surface area contributed by atoms with E-state index >= 15 is 0 Å². The highest BCUT2D eigenvalue weighted by Gasteiger charge is 1.94. The van der Waals surface area contributed by atoms with Crippen LogP contribution < -0.4 is 0 Å². The van der Waals surface area contributed by atoms with Gasteiger partial charge in [0.05, 0.1) is 4.70 Å². The Bertz CT molecular complexity index is 355. The predicted octanol–water partition coefficient (Wildman–Crippen LogP) is 2.75. The zero-order chi connectivity index (χ0) is 6.97. The monoisotopic (exact) mass is 168 g/mol. The Morgan fingerprint density at radius 2 is 2.50 bits per heavy atom. The van der Waals surface area contributed by atoms with Gasteiger partial charge in [0.15, 0.2) is 0 Å². The maximum absolute atomic E-state index is 5.66. The second kappa shape index (κ2) is 2.22. The molecule has 0 amide bonds. The van der Waals surface area contributed by atoms with Gasteiger partial charge in [-0.15, -0.1) is 11.3 Å². The number of pyridine rings is 1. The number of aromatic nitrogens is 1. The van der Waals surface area contributed by atoms with Crippen molar-refractivity contribution in [3.8, 4) is 0 Å². The van der Waals surface area contributed by atoms with E-state index in [-0.39, 0.29) is 0 Å². The molecule has 0 atom stereocenters. The first-order valence-electron chi connectivity index (χ1n) is 2.77. The summed E-state index contributed by atoms with van der Waals surface area (Å²) in [4.78, 5) is 3.94. The standard InChI is InChI=1S/C7H3ClNS/c8-7-3-5-1-2-10-6(5)4-9-7/h1,3-4H. The molecule has 0 aliphatic heterocycles. The molecule has 2 aromatic rings. The maximum atomic E-state index is 5.66. The molecule has 2 rings (SSSR count). The largest absolute Gasteiger partial charge is 0.243 e. The van der Waals surface area contributed by atoms with Gasteiger partial charge < -0.3 is 0 Å². The van der Waals surface area contributed by atoms with Crippen molar-refractivity contribution in [1.29, 1.82) is 0 Å². The van der Waals surface area contributed by atoms with E-state index in [1.807, 2.05) is 12.1 Å². The zero-order valence-corrected chi connectivity index (χ0v) is 6.54. The van der Waals surface area contributed by atoms with Crippen LogP contribution in [0.5, 0.6) is 0 Å². The van der Waals surface area contributed by atoms with Crippen LogP contribution in [0.1, 0.15) is 0 Å². The van der Waals surface area contributed by atoms with E-state index in [1.54, 1.807) is 17.5 Å². The second-order valence-electron chi connectivity index (χ2n) is 1.91. The Kier molecular flexibility index (Phi) is 1.36. The van der Waals surface area contributed by atoms with Crippen molar-refractivity contribution in [2.75, 3.05) is 0 Å². The highest BCUT2D eigenvalue weighted by Crippen LogP contribution is 2.20. The SMILES string of the molecule is Clc1cc2c[c]sc2cn1. The van der Waals surface area contributed by atoms with Crippen LogP contribution in [-0.2, 0) is 0 Å². The fourth-order valence-electron chi connectivity index (χ4n) is 0.786. The molecule has 0 aromatic carbocycles. The van der Waals surface area contributed by atoms with E-state index in [0.29, 0.717) is 5.15 Å². The molecule has 2 aromatic heterocycles. The molecule has 0 aliphatic rings. The van der Waals surface area contributed by atoms with Crippen molar-refractivity contribution >= 4 is 33.0 Å². The van der Waals surface area contributed by atoms with Crippen LogP contribution in [0.2, 0.25) is 5.15 Å². The summed E-state index contributed by atoms with van der Waals surface area (Å²) in [6.45, 7) is 0. The van der Waals surface area contributed by atoms with Gasteiger partial charge in [0, 0.05) is 11.6 Å². The average Bonchev–Trinajstić information content (AvgIpc) is 2.33. The number of hydrogen-bond donors (Lipinski definition) is 0. The lowest BCUT2D eigenvalue weighted by atomic mass is 10.3. The molecule has 49 valence electrons. The summed E-state index contributed by atoms with van der Waals surface area (Å²) in [5, 5.41) is 4.66. The van der Waals surface area contributed by atoms with Gasteiger partial charge in [0.25, 0.3) is 0 Å². The van der Waals surface area contributed by atoms with Crippen molar-refractivity contribution in [1.82, 2.24) is 4.98 Å². The summed E-state index contributed by atoms with van der Waals surface area (Å²) in [5.74, 6) is 0. The minimum absolute atomic E-state index is 0.541. The molecule has 1 nitrogen and oxygen atoms in total. The molecule has 10 heavy (non-hydrogen) atoms. The smallest absolute Gasteiger partial charge is 0.129 e. The minimum atomic E-state index is 0.541. The normalized spacial score (nSPS) is 10.5. The first-order valence-corrected chi connectivity index (χ1v) is 3.97. The molecule has 0 N–H and O–H groups in total. The number of thiophene rings is 1. The van der Waals surface area contributed by atoms with Gasteiger partial charge in [-0.25, -0.2) is 4.98 Å². The summed E-state index contributed by atoms with van der Waals surface area (Å²) < 4.78 is 1.13. The van der Waals surface area contributed by atoms with E-state index in [1.165, 1.54) is 0 Å². The molecule has 2 heterocycles. The van der Waals surface area contributed by atoms with Gasteiger partial charge in [0.2, 0.25) is 0 Å². The molecule has 0 aliphatic carbocycles. The number of halogens is 1. The molecular weight excluding hydrogens is 166 g/mol. The highest BCUT2D eigenvalue weighted by molar-refractivity contribution is 7.16. The van der Waals surface area contributed by atoms with Crippen LogP contribution in [0.25, 0.3) is 10.1 Å². The van der Waals surface area contributed by atoms with Crippen LogP contribution in [-0.4, -0.2) is 4.98 Å². The first-order chi connectivity index (χ1) is 4.86. The maximum Gasteiger partial charge on any atom is 0.129 e. The Hall–Kier alpha value is -0.600. The zero-order valence-electron chi connectivity index (χ0n) is 4.97. The summed E-state index contributed by atoms with van der Waals surface area (Å²) in [5.41, 5.74) is 0. The summed E-state index contributed by atoms with van der Waals surface area (Å²) >= 11 is 7.21. The van der Waals surface area contributed by atoms with Gasteiger partial charge in [0.1, 0.15) is 5.15 Å². The van der Waals surface area contributed by atoms with E-state index in [4.69, 9.17) is 11.6 Å². The quantitative estimate of drug-likeness (QED) is 0.552. The lowest BCUT2D eigenvalue weighted by molar-refractivity contribution is 1.37. The molecule has 0 saturated carbocycles. The second-order valence-corrected chi connectivity index (χ2v) is 3.18. The fourth-order valence-corrected chi connectivity index (χ4v) is 1.61. The number of hydrogen-bond acceptors (Lipinski definition) is 2. The van der Waals surface area contributed by atoms with E-state index < -0.39 is 0 Å². The average molecular weight is 169 g/mol. The Labute approximate surface area is 67.3 Å². The highest BCUT2D eigenvalue weighted by atomic mass is 35.5.